The van der Waals surface area contributed by atoms with Crippen LogP contribution in [0.4, 0.5) is 0 Å². The second kappa shape index (κ2) is 4.07. The highest BCUT2D eigenvalue weighted by molar-refractivity contribution is 6.30. The fourth-order valence-corrected chi connectivity index (χ4v) is 1.86. The number of nitrogens with zero attached hydrogens (tertiary/aromatic N) is 1. The molecule has 0 aliphatic heterocycles. The number of hydrogen-bond acceptors (Lipinski definition) is 3. The van der Waals surface area contributed by atoms with Gasteiger partial charge in [0.1, 0.15) is 10.6 Å². The first kappa shape index (κ1) is 10.5. The smallest absolute Gasteiger partial charge is 0.251 e. The highest BCUT2D eigenvalue weighted by atomic mass is 35.5. The summed E-state index contributed by atoms with van der Waals surface area (Å²) in [5.74, 6) is 0. The first-order chi connectivity index (χ1) is 6.04. The van der Waals surface area contributed by atoms with Crippen LogP contribution in [0.15, 0.2) is 11.2 Å². The Labute approximate surface area is 81.3 Å². The van der Waals surface area contributed by atoms with Crippen LogP contribution < -0.4 is 0 Å². The summed E-state index contributed by atoms with van der Waals surface area (Å²) in [6, 6.07) is 0. The Balaban J connectivity index is 2.72. The first-order valence-corrected chi connectivity index (χ1v) is 4.66. The van der Waals surface area contributed by atoms with Gasteiger partial charge in [-0.1, -0.05) is 30.9 Å². The summed E-state index contributed by atoms with van der Waals surface area (Å²) < 4.78 is 0. The Hall–Kier alpha value is -0.610. The minimum Gasteiger partial charge on any atom is -0.384 e. The van der Waals surface area contributed by atoms with Gasteiger partial charge >= 0.3 is 0 Å². The maximum Gasteiger partial charge on any atom is 0.251 e. The van der Waals surface area contributed by atoms with Crippen molar-refractivity contribution in [3.63, 3.8) is 0 Å². The fraction of sp³-hybridized carbons (Fsp3) is 0.750. The molecule has 0 atom stereocenters. The molecule has 0 spiro atoms. The Morgan fingerprint density at radius 2 is 2.00 bits per heavy atom. The molecule has 0 radical (unpaired) electrons. The van der Waals surface area contributed by atoms with Crippen LogP contribution in [-0.4, -0.2) is 15.6 Å². The molecule has 4 nitrogen and oxygen atoms in total. The summed E-state index contributed by atoms with van der Waals surface area (Å²) in [7, 11) is 0. The lowest BCUT2D eigenvalue weighted by atomic mass is 9.85. The van der Waals surface area contributed by atoms with Crippen molar-refractivity contribution in [2.75, 3.05) is 0 Å². The topological polar surface area (TPSA) is 63.4 Å². The zero-order valence-corrected chi connectivity index (χ0v) is 7.96. The Kier molecular flexibility index (Phi) is 3.27. The van der Waals surface area contributed by atoms with Gasteiger partial charge in [-0.2, -0.15) is 0 Å². The highest BCUT2D eigenvalue weighted by Gasteiger charge is 2.34. The normalized spacial score (nSPS) is 22.8. The summed E-state index contributed by atoms with van der Waals surface area (Å²) in [4.78, 5) is 9.50. The van der Waals surface area contributed by atoms with Crippen LogP contribution >= 0.6 is 11.6 Å². The average molecular weight is 206 g/mol. The Morgan fingerprint density at radius 3 is 2.46 bits per heavy atom. The predicted molar refractivity (Wildman–Crippen MR) is 49.0 cm³/mol. The van der Waals surface area contributed by atoms with E-state index in [0.29, 0.717) is 19.0 Å². The SMILES string of the molecule is O=[N+]([O-])/C=C(/Cl)C1(O)CCCCC1. The van der Waals surface area contributed by atoms with Gasteiger partial charge in [0.2, 0.25) is 0 Å². The minimum atomic E-state index is -1.15. The van der Waals surface area contributed by atoms with Gasteiger partial charge in [0.25, 0.3) is 6.20 Å². The second-order valence-electron chi connectivity index (χ2n) is 3.35. The monoisotopic (exact) mass is 205 g/mol. The quantitative estimate of drug-likeness (QED) is 0.554. The van der Waals surface area contributed by atoms with Crippen molar-refractivity contribution in [2.45, 2.75) is 37.7 Å². The van der Waals surface area contributed by atoms with Gasteiger partial charge in [0.15, 0.2) is 0 Å². The lowest BCUT2D eigenvalue weighted by molar-refractivity contribution is -0.403. The number of hydrogen-bond donors (Lipinski definition) is 1. The molecule has 0 unspecified atom stereocenters. The second-order valence-corrected chi connectivity index (χ2v) is 3.76. The summed E-state index contributed by atoms with van der Waals surface area (Å²) >= 11 is 5.67. The molecule has 0 saturated heterocycles. The molecule has 0 heterocycles. The lowest BCUT2D eigenvalue weighted by Gasteiger charge is -2.30. The van der Waals surface area contributed by atoms with Gasteiger partial charge in [0, 0.05) is 0 Å². The Morgan fingerprint density at radius 1 is 1.46 bits per heavy atom. The highest BCUT2D eigenvalue weighted by Crippen LogP contribution is 2.35. The molecular weight excluding hydrogens is 194 g/mol. The van der Waals surface area contributed by atoms with Crippen molar-refractivity contribution in [3.05, 3.63) is 21.3 Å². The van der Waals surface area contributed by atoms with E-state index in [4.69, 9.17) is 11.6 Å². The zero-order valence-electron chi connectivity index (χ0n) is 7.20. The third-order valence-electron chi connectivity index (χ3n) is 2.34. The van der Waals surface area contributed by atoms with Crippen LogP contribution in [-0.2, 0) is 0 Å². The predicted octanol–water partition coefficient (Wildman–Crippen LogP) is 2.04. The first-order valence-electron chi connectivity index (χ1n) is 4.28. The number of rotatable bonds is 2. The van der Waals surface area contributed by atoms with Gasteiger partial charge in [-0.25, -0.2) is 0 Å². The van der Waals surface area contributed by atoms with Crippen LogP contribution in [0.25, 0.3) is 0 Å². The summed E-state index contributed by atoms with van der Waals surface area (Å²) in [6.45, 7) is 0. The van der Waals surface area contributed by atoms with Crippen molar-refractivity contribution in [2.24, 2.45) is 0 Å². The molecule has 0 aromatic carbocycles. The summed E-state index contributed by atoms with van der Waals surface area (Å²) in [5, 5.41) is 20.0. The van der Waals surface area contributed by atoms with Crippen molar-refractivity contribution in [3.8, 4) is 0 Å². The fourth-order valence-electron chi connectivity index (χ4n) is 1.59. The molecule has 13 heavy (non-hydrogen) atoms. The van der Waals surface area contributed by atoms with Crippen molar-refractivity contribution < 1.29 is 10.0 Å². The molecule has 1 rings (SSSR count). The van der Waals surface area contributed by atoms with Crippen molar-refractivity contribution in [1.29, 1.82) is 0 Å². The van der Waals surface area contributed by atoms with Crippen LogP contribution in [0.1, 0.15) is 32.1 Å². The molecule has 1 aliphatic carbocycles. The third kappa shape index (κ3) is 2.67. The lowest BCUT2D eigenvalue weighted by Crippen LogP contribution is -2.32. The van der Waals surface area contributed by atoms with E-state index in [-0.39, 0.29) is 5.03 Å². The average Bonchev–Trinajstić information content (AvgIpc) is 2.04. The van der Waals surface area contributed by atoms with E-state index >= 15 is 0 Å². The van der Waals surface area contributed by atoms with Gasteiger partial charge in [-0.15, -0.1) is 0 Å². The molecule has 0 aromatic heterocycles. The van der Waals surface area contributed by atoms with Crippen molar-refractivity contribution in [1.82, 2.24) is 0 Å². The van der Waals surface area contributed by atoms with Crippen LogP contribution in [0.5, 0.6) is 0 Å². The third-order valence-corrected chi connectivity index (χ3v) is 2.79. The summed E-state index contributed by atoms with van der Waals surface area (Å²) in [5.41, 5.74) is -1.15. The molecule has 5 heteroatoms. The zero-order chi connectivity index (χ0) is 9.90. The molecule has 74 valence electrons. The van der Waals surface area contributed by atoms with E-state index in [1.807, 2.05) is 0 Å². The van der Waals surface area contributed by atoms with Crippen LogP contribution in [0.2, 0.25) is 0 Å². The largest absolute Gasteiger partial charge is 0.384 e. The number of halogens is 1. The van der Waals surface area contributed by atoms with Crippen molar-refractivity contribution >= 4 is 11.6 Å². The molecule has 0 amide bonds. The molecule has 1 saturated carbocycles. The standard InChI is InChI=1S/C8H12ClNO3/c9-7(6-10(12)13)8(11)4-2-1-3-5-8/h6,11H,1-5H2/b7-6+. The maximum absolute atomic E-state index is 10.1. The van der Waals surface area contributed by atoms with E-state index < -0.39 is 10.5 Å². The Bertz CT molecular complexity index is 234. The van der Waals surface area contributed by atoms with E-state index in [1.54, 1.807) is 0 Å². The molecule has 1 aliphatic rings. The van der Waals surface area contributed by atoms with E-state index in [9.17, 15) is 15.2 Å². The number of aliphatic hydroxyl groups is 1. The maximum atomic E-state index is 10.1. The molecule has 1 fully saturated rings. The van der Waals surface area contributed by atoms with Gasteiger partial charge in [0.05, 0.1) is 4.92 Å². The van der Waals surface area contributed by atoms with E-state index in [0.717, 1.165) is 19.3 Å². The number of nitro groups is 1. The molecule has 1 N–H and O–H groups in total. The summed E-state index contributed by atoms with van der Waals surface area (Å²) in [6.07, 6.45) is 4.54. The van der Waals surface area contributed by atoms with Crippen LogP contribution in [0.3, 0.4) is 0 Å². The van der Waals surface area contributed by atoms with Crippen LogP contribution in [0, 0.1) is 10.1 Å². The minimum absolute atomic E-state index is 0.0443. The van der Waals surface area contributed by atoms with E-state index in [2.05, 4.69) is 0 Å². The van der Waals surface area contributed by atoms with Gasteiger partial charge in [-0.05, 0) is 12.8 Å². The van der Waals surface area contributed by atoms with Gasteiger partial charge in [-0.3, -0.25) is 10.1 Å². The van der Waals surface area contributed by atoms with E-state index in [1.165, 1.54) is 0 Å². The molecule has 0 bridgehead atoms. The van der Waals surface area contributed by atoms with Gasteiger partial charge < -0.3 is 5.11 Å². The molecule has 0 aromatic rings. The molecular formula is C8H12ClNO3.